The Morgan fingerprint density at radius 3 is 2.65 bits per heavy atom. The minimum atomic E-state index is -0.339. The van der Waals surface area contributed by atoms with E-state index in [1.807, 2.05) is 37.3 Å². The van der Waals surface area contributed by atoms with Crippen molar-refractivity contribution in [2.45, 2.75) is 19.8 Å². The summed E-state index contributed by atoms with van der Waals surface area (Å²) in [6.45, 7) is 2.39. The first kappa shape index (κ1) is 21.5. The summed E-state index contributed by atoms with van der Waals surface area (Å²) in [5.41, 5.74) is 4.34. The molecular weight excluding hydrogens is 433 g/mol. The van der Waals surface area contributed by atoms with Crippen LogP contribution >= 0.6 is 0 Å². The van der Waals surface area contributed by atoms with E-state index in [9.17, 15) is 14.0 Å². The molecule has 3 N–H and O–H groups in total. The fourth-order valence-corrected chi connectivity index (χ4v) is 4.15. The number of benzene rings is 3. The van der Waals surface area contributed by atoms with Crippen molar-refractivity contribution in [2.24, 2.45) is 4.99 Å². The maximum Gasteiger partial charge on any atom is 0.320 e. The van der Waals surface area contributed by atoms with E-state index in [4.69, 9.17) is 0 Å². The Balaban J connectivity index is 1.45. The number of hydrogen-bond acceptors (Lipinski definition) is 4. The summed E-state index contributed by atoms with van der Waals surface area (Å²) >= 11 is 0. The molecule has 0 aliphatic carbocycles. The van der Waals surface area contributed by atoms with Gasteiger partial charge in [0.25, 0.3) is 5.56 Å². The van der Waals surface area contributed by atoms with Gasteiger partial charge in [-0.2, -0.15) is 5.10 Å². The fourth-order valence-electron chi connectivity index (χ4n) is 4.15. The minimum Gasteiger partial charge on any atom is -0.338 e. The molecule has 0 radical (unpaired) electrons. The molecule has 0 bridgehead atoms. The number of aromatic amines is 1. The Bertz CT molecular complexity index is 1510. The van der Waals surface area contributed by atoms with Gasteiger partial charge in [-0.15, -0.1) is 0 Å². The van der Waals surface area contributed by atoms with Crippen LogP contribution in [0.4, 0.5) is 14.9 Å². The summed E-state index contributed by atoms with van der Waals surface area (Å²) in [5, 5.41) is 13.4. The zero-order valence-electron chi connectivity index (χ0n) is 18.5. The maximum atomic E-state index is 14.7. The van der Waals surface area contributed by atoms with Crippen LogP contribution in [0.1, 0.15) is 23.7 Å². The molecule has 34 heavy (non-hydrogen) atoms. The van der Waals surface area contributed by atoms with E-state index < -0.39 is 0 Å². The van der Waals surface area contributed by atoms with Crippen molar-refractivity contribution < 1.29 is 9.18 Å². The van der Waals surface area contributed by atoms with Crippen LogP contribution in [-0.4, -0.2) is 28.6 Å². The number of hydrogen-bond donors (Lipinski definition) is 3. The van der Waals surface area contributed by atoms with Crippen LogP contribution in [0.5, 0.6) is 0 Å². The molecule has 1 aromatic heterocycles. The summed E-state index contributed by atoms with van der Waals surface area (Å²) in [6, 6.07) is 17.7. The average Bonchev–Trinajstić information content (AvgIpc) is 3.24. The molecule has 0 atom stereocenters. The lowest BCUT2D eigenvalue weighted by Gasteiger charge is -2.09. The normalized spacial score (nSPS) is 12.4. The number of carbonyl (C=O) groups is 1. The summed E-state index contributed by atoms with van der Waals surface area (Å²) < 4.78 is 14.7. The smallest absolute Gasteiger partial charge is 0.320 e. The average molecular weight is 455 g/mol. The molecule has 2 amide bonds. The lowest BCUT2D eigenvalue weighted by atomic mass is 9.97. The molecule has 0 unspecified atom stereocenters. The van der Waals surface area contributed by atoms with Crippen LogP contribution in [0.3, 0.4) is 0 Å². The summed E-state index contributed by atoms with van der Waals surface area (Å²) in [4.78, 5) is 28.4. The third-order valence-electron chi connectivity index (χ3n) is 5.81. The third-order valence-corrected chi connectivity index (χ3v) is 5.81. The van der Waals surface area contributed by atoms with Crippen LogP contribution in [0.15, 0.2) is 70.5 Å². The van der Waals surface area contributed by atoms with Crippen molar-refractivity contribution in [3.63, 3.8) is 0 Å². The number of aliphatic imine (C=N–C) groups is 1. The van der Waals surface area contributed by atoms with Crippen LogP contribution < -0.4 is 16.2 Å². The van der Waals surface area contributed by atoms with Gasteiger partial charge in [-0.25, -0.2) is 19.3 Å². The first-order chi connectivity index (χ1) is 16.5. The standard InChI is InChI=1S/C26H22FN5O2/c1-2-28-26(34)30-24-14-17-8-7-16(12-22(17)29-24)15-9-10-21(27)18(11-15)13-23-19-5-3-4-6-20(19)25(33)32-31-23/h3-12H,2,13-14H2,1H3,(H,32,33)(H2,28,29,30,34). The maximum absolute atomic E-state index is 14.7. The summed E-state index contributed by atoms with van der Waals surface area (Å²) in [5.74, 6) is 0.252. The number of carbonyl (C=O) groups excluding carboxylic acids is 1. The van der Waals surface area contributed by atoms with E-state index in [0.717, 1.165) is 22.4 Å². The van der Waals surface area contributed by atoms with Crippen molar-refractivity contribution in [3.05, 3.63) is 93.7 Å². The van der Waals surface area contributed by atoms with Gasteiger partial charge in [0.05, 0.1) is 16.8 Å². The van der Waals surface area contributed by atoms with Gasteiger partial charge in [-0.1, -0.05) is 36.4 Å². The number of rotatable bonds is 4. The van der Waals surface area contributed by atoms with E-state index in [0.29, 0.717) is 40.8 Å². The number of nitrogens with one attached hydrogen (secondary N) is 3. The number of halogens is 1. The largest absolute Gasteiger partial charge is 0.338 e. The van der Waals surface area contributed by atoms with Crippen molar-refractivity contribution in [1.29, 1.82) is 0 Å². The predicted octanol–water partition coefficient (Wildman–Crippen LogP) is 4.23. The van der Waals surface area contributed by atoms with Gasteiger partial charge in [0, 0.05) is 24.8 Å². The fraction of sp³-hybridized carbons (Fsp3) is 0.154. The van der Waals surface area contributed by atoms with Crippen LogP contribution in [-0.2, 0) is 12.8 Å². The highest BCUT2D eigenvalue weighted by Gasteiger charge is 2.18. The van der Waals surface area contributed by atoms with Crippen molar-refractivity contribution in [1.82, 2.24) is 20.8 Å². The lowest BCUT2D eigenvalue weighted by Crippen LogP contribution is -2.39. The van der Waals surface area contributed by atoms with Crippen LogP contribution in [0, 0.1) is 5.82 Å². The first-order valence-corrected chi connectivity index (χ1v) is 11.0. The molecule has 3 aromatic carbocycles. The Kier molecular flexibility index (Phi) is 5.63. The summed E-state index contributed by atoms with van der Waals surface area (Å²) in [6.07, 6.45) is 0.785. The Labute approximate surface area is 194 Å². The van der Waals surface area contributed by atoms with Crippen LogP contribution in [0.2, 0.25) is 0 Å². The molecule has 5 rings (SSSR count). The molecule has 0 saturated carbocycles. The second kappa shape index (κ2) is 8.90. The molecule has 0 spiro atoms. The number of nitrogens with zero attached hydrogens (tertiary/aromatic N) is 2. The van der Waals surface area contributed by atoms with Gasteiger partial charge in [0.15, 0.2) is 0 Å². The molecule has 2 heterocycles. The Morgan fingerprint density at radius 1 is 1.06 bits per heavy atom. The second-order valence-corrected chi connectivity index (χ2v) is 8.09. The number of amidine groups is 1. The number of fused-ring (bicyclic) bond motifs is 2. The van der Waals surface area contributed by atoms with Crippen LogP contribution in [0.25, 0.3) is 21.9 Å². The molecule has 170 valence electrons. The van der Waals surface area contributed by atoms with E-state index in [1.165, 1.54) is 6.07 Å². The number of amides is 2. The molecule has 7 nitrogen and oxygen atoms in total. The monoisotopic (exact) mass is 455 g/mol. The molecule has 1 aliphatic heterocycles. The summed E-state index contributed by atoms with van der Waals surface area (Å²) in [7, 11) is 0. The highest BCUT2D eigenvalue weighted by molar-refractivity contribution is 6.02. The van der Waals surface area contributed by atoms with Gasteiger partial charge in [0.1, 0.15) is 11.7 Å². The minimum absolute atomic E-state index is 0.237. The zero-order chi connectivity index (χ0) is 23.7. The van der Waals surface area contributed by atoms with E-state index in [1.54, 1.807) is 24.3 Å². The van der Waals surface area contributed by atoms with Gasteiger partial charge in [0.2, 0.25) is 0 Å². The highest BCUT2D eigenvalue weighted by atomic mass is 19.1. The topological polar surface area (TPSA) is 99.2 Å². The van der Waals surface area contributed by atoms with Crippen molar-refractivity contribution in [3.8, 4) is 11.1 Å². The van der Waals surface area contributed by atoms with Gasteiger partial charge >= 0.3 is 6.03 Å². The van der Waals surface area contributed by atoms with E-state index >= 15 is 0 Å². The second-order valence-electron chi connectivity index (χ2n) is 8.09. The quantitative estimate of drug-likeness (QED) is 0.430. The number of aromatic nitrogens is 2. The lowest BCUT2D eigenvalue weighted by molar-refractivity contribution is 0.245. The molecule has 1 aliphatic rings. The molecular formula is C26H22FN5O2. The van der Waals surface area contributed by atoms with E-state index in [2.05, 4.69) is 25.8 Å². The van der Waals surface area contributed by atoms with E-state index in [-0.39, 0.29) is 23.8 Å². The van der Waals surface area contributed by atoms with Gasteiger partial charge in [-0.3, -0.25) is 10.1 Å². The molecule has 4 aromatic rings. The zero-order valence-corrected chi connectivity index (χ0v) is 18.5. The number of H-pyrrole nitrogens is 1. The number of urea groups is 1. The molecule has 0 fully saturated rings. The van der Waals surface area contributed by atoms with Gasteiger partial charge in [-0.05, 0) is 53.4 Å². The van der Waals surface area contributed by atoms with Crippen molar-refractivity contribution in [2.75, 3.05) is 6.54 Å². The Morgan fingerprint density at radius 2 is 1.82 bits per heavy atom. The van der Waals surface area contributed by atoms with Crippen molar-refractivity contribution >= 4 is 28.3 Å². The van der Waals surface area contributed by atoms with Gasteiger partial charge < -0.3 is 5.32 Å². The Hall–Kier alpha value is -4.33. The molecule has 0 saturated heterocycles. The molecule has 8 heteroatoms. The highest BCUT2D eigenvalue weighted by Crippen LogP contribution is 2.32. The SMILES string of the molecule is CCNC(=O)NC1=Nc2cc(-c3ccc(F)c(Cc4n[nH]c(=O)c5ccccc45)c3)ccc2C1. The predicted molar refractivity (Wildman–Crippen MR) is 130 cm³/mol. The first-order valence-electron chi connectivity index (χ1n) is 11.0. The third kappa shape index (κ3) is 4.17.